The maximum Gasteiger partial charge on any atom is 0.327 e. The largest absolute Gasteiger partial charge is 0.481 e. The first kappa shape index (κ1) is 25.0. The van der Waals surface area contributed by atoms with Crippen molar-refractivity contribution >= 4 is 11.9 Å². The SMILES string of the molecule is C[C@@H](CCc1ccccc1)[C@H](O)/C=C/[C@H]1CC(F)(F)C(=O)N1CCCCCCC(=O)O. The van der Waals surface area contributed by atoms with Gasteiger partial charge >= 0.3 is 11.9 Å². The van der Waals surface area contributed by atoms with E-state index in [1.807, 2.05) is 37.3 Å². The number of alkyl halides is 2. The van der Waals surface area contributed by atoms with Crippen LogP contribution in [0.3, 0.4) is 0 Å². The second-order valence-electron chi connectivity index (χ2n) is 8.41. The van der Waals surface area contributed by atoms with E-state index in [9.17, 15) is 23.5 Å². The van der Waals surface area contributed by atoms with E-state index in [-0.39, 0.29) is 18.9 Å². The number of amides is 1. The van der Waals surface area contributed by atoms with E-state index < -0.39 is 36.4 Å². The minimum absolute atomic E-state index is 0.0447. The summed E-state index contributed by atoms with van der Waals surface area (Å²) >= 11 is 0. The number of carboxylic acid groups (broad SMARTS) is 1. The minimum atomic E-state index is -3.39. The molecule has 2 rings (SSSR count). The second-order valence-corrected chi connectivity index (χ2v) is 8.41. The Balaban J connectivity index is 1.84. The summed E-state index contributed by atoms with van der Waals surface area (Å²) < 4.78 is 28.0. The Kier molecular flexibility index (Phi) is 9.62. The highest BCUT2D eigenvalue weighted by molar-refractivity contribution is 5.86. The normalized spacial score (nSPS) is 20.3. The summed E-state index contributed by atoms with van der Waals surface area (Å²) in [5, 5.41) is 19.1. The molecule has 1 amide bonds. The van der Waals surface area contributed by atoms with Crippen LogP contribution in [0.15, 0.2) is 42.5 Å². The van der Waals surface area contributed by atoms with Gasteiger partial charge in [-0.15, -0.1) is 0 Å². The molecule has 0 aliphatic carbocycles. The number of aryl methyl sites for hydroxylation is 1. The zero-order chi connectivity index (χ0) is 22.9. The fraction of sp³-hybridized carbons (Fsp3) is 0.583. The second kappa shape index (κ2) is 11.9. The van der Waals surface area contributed by atoms with Crippen LogP contribution < -0.4 is 0 Å². The van der Waals surface area contributed by atoms with Crippen LogP contribution in [0, 0.1) is 5.92 Å². The van der Waals surface area contributed by atoms with Gasteiger partial charge in [-0.05, 0) is 37.2 Å². The smallest absolute Gasteiger partial charge is 0.327 e. The average Bonchev–Trinajstić information content (AvgIpc) is 2.95. The van der Waals surface area contributed by atoms with Gasteiger partial charge in [-0.1, -0.05) is 62.2 Å². The standard InChI is InChI=1S/C24H33F2NO4/c1-18(12-13-19-9-5-4-6-10-19)21(28)15-14-20-17-24(25,26)23(31)27(20)16-8-3-2-7-11-22(29)30/h4-6,9-10,14-15,18,20-21,28H,2-3,7-8,11-13,16-17H2,1H3,(H,29,30)/b15-14+/t18-,20-,21+/m0/s1. The molecule has 5 nitrogen and oxygen atoms in total. The van der Waals surface area contributed by atoms with Gasteiger partial charge < -0.3 is 15.1 Å². The molecule has 1 heterocycles. The lowest BCUT2D eigenvalue weighted by atomic mass is 9.95. The molecule has 172 valence electrons. The number of carbonyl (C=O) groups is 2. The highest BCUT2D eigenvalue weighted by Gasteiger charge is 2.52. The van der Waals surface area contributed by atoms with E-state index >= 15 is 0 Å². The van der Waals surface area contributed by atoms with Crippen LogP contribution in [0.25, 0.3) is 0 Å². The lowest BCUT2D eigenvalue weighted by Gasteiger charge is -2.22. The van der Waals surface area contributed by atoms with Crippen LogP contribution in [-0.2, 0) is 16.0 Å². The van der Waals surface area contributed by atoms with Gasteiger partial charge in [-0.2, -0.15) is 8.78 Å². The van der Waals surface area contributed by atoms with Crippen molar-refractivity contribution in [1.29, 1.82) is 0 Å². The number of benzene rings is 1. The van der Waals surface area contributed by atoms with Crippen molar-refractivity contribution < 1.29 is 28.6 Å². The molecule has 31 heavy (non-hydrogen) atoms. The molecule has 1 aromatic carbocycles. The zero-order valence-corrected chi connectivity index (χ0v) is 18.1. The third-order valence-electron chi connectivity index (χ3n) is 5.82. The van der Waals surface area contributed by atoms with Gasteiger partial charge in [0.1, 0.15) is 0 Å². The molecule has 1 aromatic rings. The van der Waals surface area contributed by atoms with Crippen molar-refractivity contribution in [2.45, 2.75) is 76.4 Å². The Hall–Kier alpha value is -2.28. The number of hydrogen-bond acceptors (Lipinski definition) is 3. The molecule has 3 atom stereocenters. The summed E-state index contributed by atoms with van der Waals surface area (Å²) in [5.41, 5.74) is 1.18. The van der Waals surface area contributed by atoms with Crippen molar-refractivity contribution in [3.63, 3.8) is 0 Å². The van der Waals surface area contributed by atoms with Crippen LogP contribution in [0.2, 0.25) is 0 Å². The lowest BCUT2D eigenvalue weighted by molar-refractivity contribution is -0.148. The van der Waals surface area contributed by atoms with Gasteiger partial charge in [-0.3, -0.25) is 9.59 Å². The first-order valence-electron chi connectivity index (χ1n) is 11.0. The number of carboxylic acids is 1. The lowest BCUT2D eigenvalue weighted by Crippen LogP contribution is -2.36. The van der Waals surface area contributed by atoms with E-state index in [1.165, 1.54) is 22.6 Å². The van der Waals surface area contributed by atoms with Crippen LogP contribution in [0.4, 0.5) is 8.78 Å². The summed E-state index contributed by atoms with van der Waals surface area (Å²) in [7, 11) is 0. The number of halogens is 2. The number of unbranched alkanes of at least 4 members (excludes halogenated alkanes) is 3. The predicted molar refractivity (Wildman–Crippen MR) is 115 cm³/mol. The van der Waals surface area contributed by atoms with E-state index in [0.717, 1.165) is 12.8 Å². The molecule has 0 spiro atoms. The maximum absolute atomic E-state index is 14.0. The molecule has 0 saturated carbocycles. The molecule has 1 aliphatic heterocycles. The Labute approximate surface area is 182 Å². The number of hydrogen-bond donors (Lipinski definition) is 2. The highest BCUT2D eigenvalue weighted by atomic mass is 19.3. The first-order valence-corrected chi connectivity index (χ1v) is 11.0. The molecule has 2 N–H and O–H groups in total. The van der Waals surface area contributed by atoms with Crippen molar-refractivity contribution in [3.8, 4) is 0 Å². The summed E-state index contributed by atoms with van der Waals surface area (Å²) in [5.74, 6) is -5.45. The molecule has 7 heteroatoms. The van der Waals surface area contributed by atoms with Crippen LogP contribution in [-0.4, -0.2) is 51.6 Å². The van der Waals surface area contributed by atoms with Crippen LogP contribution in [0.1, 0.15) is 57.4 Å². The summed E-state index contributed by atoms with van der Waals surface area (Å²) in [4.78, 5) is 23.8. The summed E-state index contributed by atoms with van der Waals surface area (Å²) in [6.07, 6.45) is 5.83. The molecule has 1 fully saturated rings. The molecular weight excluding hydrogens is 404 g/mol. The number of likely N-dealkylation sites (tertiary alicyclic amines) is 1. The van der Waals surface area contributed by atoms with Gasteiger partial charge in [0.2, 0.25) is 0 Å². The molecule has 0 aromatic heterocycles. The Bertz CT molecular complexity index is 738. The van der Waals surface area contributed by atoms with E-state index in [0.29, 0.717) is 25.7 Å². The summed E-state index contributed by atoms with van der Waals surface area (Å²) in [6, 6.07) is 9.20. The fourth-order valence-electron chi connectivity index (χ4n) is 3.81. The third kappa shape index (κ3) is 8.05. The number of carbonyl (C=O) groups excluding carboxylic acids is 1. The monoisotopic (exact) mass is 437 g/mol. The third-order valence-corrected chi connectivity index (χ3v) is 5.82. The predicted octanol–water partition coefficient (Wildman–Crippen LogP) is 4.44. The van der Waals surface area contributed by atoms with Gasteiger partial charge in [-0.25, -0.2) is 0 Å². The number of aliphatic carboxylic acids is 1. The van der Waals surface area contributed by atoms with E-state index in [2.05, 4.69) is 0 Å². The van der Waals surface area contributed by atoms with Crippen LogP contribution >= 0.6 is 0 Å². The molecule has 1 aliphatic rings. The first-order chi connectivity index (χ1) is 14.7. The summed E-state index contributed by atoms with van der Waals surface area (Å²) in [6.45, 7) is 2.12. The van der Waals surface area contributed by atoms with Gasteiger partial charge in [0.25, 0.3) is 5.91 Å². The van der Waals surface area contributed by atoms with Crippen molar-refractivity contribution in [1.82, 2.24) is 4.90 Å². The maximum atomic E-state index is 14.0. The Morgan fingerprint density at radius 3 is 2.58 bits per heavy atom. The topological polar surface area (TPSA) is 77.8 Å². The number of aliphatic hydroxyl groups excluding tert-OH is 1. The van der Waals surface area contributed by atoms with Crippen molar-refractivity contribution in [2.75, 3.05) is 6.54 Å². The fourth-order valence-corrected chi connectivity index (χ4v) is 3.81. The van der Waals surface area contributed by atoms with E-state index in [1.54, 1.807) is 0 Å². The molecule has 0 unspecified atom stereocenters. The zero-order valence-electron chi connectivity index (χ0n) is 18.1. The Morgan fingerprint density at radius 2 is 1.90 bits per heavy atom. The number of aliphatic hydroxyl groups is 1. The molecule has 1 saturated heterocycles. The van der Waals surface area contributed by atoms with Crippen molar-refractivity contribution in [3.05, 3.63) is 48.0 Å². The molecule has 0 radical (unpaired) electrons. The number of rotatable bonds is 13. The van der Waals surface area contributed by atoms with Crippen molar-refractivity contribution in [2.24, 2.45) is 5.92 Å². The van der Waals surface area contributed by atoms with E-state index in [4.69, 9.17) is 5.11 Å². The highest BCUT2D eigenvalue weighted by Crippen LogP contribution is 2.34. The van der Waals surface area contributed by atoms with Crippen LogP contribution in [0.5, 0.6) is 0 Å². The number of nitrogens with zero attached hydrogens (tertiary/aromatic N) is 1. The average molecular weight is 438 g/mol. The van der Waals surface area contributed by atoms with Gasteiger partial charge in [0.05, 0.1) is 12.1 Å². The van der Waals surface area contributed by atoms with Gasteiger partial charge in [0, 0.05) is 19.4 Å². The molecule has 0 bridgehead atoms. The quantitative estimate of drug-likeness (QED) is 0.353. The Morgan fingerprint density at radius 1 is 1.23 bits per heavy atom. The molecular formula is C24H33F2NO4. The van der Waals surface area contributed by atoms with Gasteiger partial charge in [0.15, 0.2) is 0 Å². The minimum Gasteiger partial charge on any atom is -0.481 e.